The summed E-state index contributed by atoms with van der Waals surface area (Å²) in [5.74, 6) is 0. The number of nitrogens with zero attached hydrogens (tertiary/aromatic N) is 3. The van der Waals surface area contributed by atoms with E-state index in [9.17, 15) is 0 Å². The fourth-order valence-electron chi connectivity index (χ4n) is 7.46. The molecule has 1 aliphatic heterocycles. The van der Waals surface area contributed by atoms with Crippen LogP contribution in [-0.2, 0) is 36.4 Å². The molecule has 0 radical (unpaired) electrons. The van der Waals surface area contributed by atoms with Crippen LogP contribution in [0.25, 0.3) is 33.7 Å². The summed E-state index contributed by atoms with van der Waals surface area (Å²) in [5.41, 5.74) is 15.1. The van der Waals surface area contributed by atoms with Gasteiger partial charge in [-0.1, -0.05) is 101 Å². The molecule has 3 heterocycles. The third-order valence-corrected chi connectivity index (χ3v) is 10.2. The van der Waals surface area contributed by atoms with Gasteiger partial charge < -0.3 is 9.55 Å². The van der Waals surface area contributed by atoms with E-state index in [-0.39, 0.29) is 36.4 Å². The normalized spacial score (nSPS) is 16.3. The van der Waals surface area contributed by atoms with Crippen molar-refractivity contribution in [3.8, 4) is 22.6 Å². The maximum Gasteiger partial charge on any atom is 3.00 e. The summed E-state index contributed by atoms with van der Waals surface area (Å²) < 4.78 is 4.53. The molecule has 2 aromatic heterocycles. The van der Waals surface area contributed by atoms with Crippen LogP contribution in [0.4, 0.5) is 0 Å². The average molecular weight is 794 g/mol. The average Bonchev–Trinajstić information content (AvgIpc) is 3.43. The Morgan fingerprint density at radius 2 is 1.47 bits per heavy atom. The molecule has 0 atom stereocenters. The second-order valence-corrected chi connectivity index (χ2v) is 15.0. The van der Waals surface area contributed by atoms with Crippen molar-refractivity contribution in [1.29, 1.82) is 0 Å². The van der Waals surface area contributed by atoms with Gasteiger partial charge >= 0.3 is 20.1 Å². The molecule has 4 heteroatoms. The van der Waals surface area contributed by atoms with Crippen LogP contribution < -0.4 is 4.57 Å². The molecular weight excluding hydrogens is 751 g/mol. The minimum atomic E-state index is -0.111. The first kappa shape index (κ1) is 33.1. The van der Waals surface area contributed by atoms with Gasteiger partial charge in [-0.25, -0.2) is 0 Å². The molecule has 0 saturated carbocycles. The van der Waals surface area contributed by atoms with Crippen molar-refractivity contribution < 1.29 is 24.7 Å². The summed E-state index contributed by atoms with van der Waals surface area (Å²) in [7, 11) is 0. The molecule has 238 valence electrons. The van der Waals surface area contributed by atoms with Crippen LogP contribution in [0.1, 0.15) is 87.8 Å². The molecule has 0 N–H and O–H groups in total. The van der Waals surface area contributed by atoms with Gasteiger partial charge in [-0.3, -0.25) is 4.57 Å². The van der Waals surface area contributed by atoms with Gasteiger partial charge in [-0.05, 0) is 66.2 Å². The number of benzene rings is 4. The number of rotatable bonds is 2. The van der Waals surface area contributed by atoms with Crippen molar-refractivity contribution >= 4 is 11.0 Å². The number of fused-ring (bicyclic) bond motifs is 3. The molecular formula is C43H43IrN3+. The summed E-state index contributed by atoms with van der Waals surface area (Å²) in [6, 6.07) is 36.8. The van der Waals surface area contributed by atoms with Crippen LogP contribution in [-0.4, -0.2) is 9.55 Å². The predicted octanol–water partition coefficient (Wildman–Crippen LogP) is 9.66. The maximum atomic E-state index is 4.22. The largest absolute Gasteiger partial charge is 3.00 e. The van der Waals surface area contributed by atoms with Crippen molar-refractivity contribution in [2.45, 2.75) is 84.5 Å². The molecule has 0 spiro atoms. The third kappa shape index (κ3) is 5.70. The molecule has 0 amide bonds. The minimum absolute atomic E-state index is 0. The van der Waals surface area contributed by atoms with Crippen LogP contribution in [0.2, 0.25) is 0 Å². The molecule has 0 saturated heterocycles. The molecule has 47 heavy (non-hydrogen) atoms. The van der Waals surface area contributed by atoms with Gasteiger partial charge in [0.1, 0.15) is 0 Å². The van der Waals surface area contributed by atoms with E-state index < -0.39 is 0 Å². The van der Waals surface area contributed by atoms with E-state index in [1.807, 2.05) is 42.5 Å². The number of aromatic nitrogens is 3. The summed E-state index contributed by atoms with van der Waals surface area (Å²) in [6.45, 7) is 18.7. The van der Waals surface area contributed by atoms with E-state index in [1.165, 1.54) is 68.6 Å². The number of imidazole rings is 1. The molecule has 0 bridgehead atoms. The Hall–Kier alpha value is -3.85. The molecule has 0 unspecified atom stereocenters. The van der Waals surface area contributed by atoms with Crippen molar-refractivity contribution in [1.82, 2.24) is 9.55 Å². The van der Waals surface area contributed by atoms with E-state index in [2.05, 4.69) is 130 Å². The van der Waals surface area contributed by atoms with Crippen LogP contribution in [0.15, 0.2) is 91.1 Å². The van der Waals surface area contributed by atoms with Gasteiger partial charge in [-0.15, -0.1) is 47.0 Å². The number of pyridine rings is 1. The number of para-hydroxylation sites is 1. The molecule has 0 fully saturated rings. The number of hydrogen-bond donors (Lipinski definition) is 0. The number of hydrogen-bond acceptors (Lipinski definition) is 1. The first-order chi connectivity index (χ1) is 21.9. The Balaban J connectivity index is 0.000000250. The van der Waals surface area contributed by atoms with Gasteiger partial charge in [-0.2, -0.15) is 17.7 Å². The molecule has 3 nitrogen and oxygen atoms in total. The molecule has 4 aromatic carbocycles. The Bertz CT molecular complexity index is 2030. The second-order valence-electron chi connectivity index (χ2n) is 15.0. The Labute approximate surface area is 294 Å². The summed E-state index contributed by atoms with van der Waals surface area (Å²) in [4.78, 5) is 4.22. The minimum Gasteiger partial charge on any atom is -0.314 e. The fraction of sp³-hybridized carbons (Fsp3) is 0.302. The van der Waals surface area contributed by atoms with E-state index >= 15 is 0 Å². The topological polar surface area (TPSA) is 21.7 Å². The molecule has 8 rings (SSSR count). The quantitative estimate of drug-likeness (QED) is 0.127. The van der Waals surface area contributed by atoms with E-state index in [0.717, 1.165) is 11.3 Å². The third-order valence-electron chi connectivity index (χ3n) is 10.2. The van der Waals surface area contributed by atoms with Gasteiger partial charge in [0.05, 0.1) is 16.7 Å². The van der Waals surface area contributed by atoms with E-state index in [0.29, 0.717) is 0 Å². The Kier molecular flexibility index (Phi) is 8.44. The zero-order chi connectivity index (χ0) is 32.4. The Morgan fingerprint density at radius 3 is 2.15 bits per heavy atom. The first-order valence-electron chi connectivity index (χ1n) is 16.4. The predicted molar refractivity (Wildman–Crippen MR) is 188 cm³/mol. The molecule has 2 aliphatic rings. The zero-order valence-electron chi connectivity index (χ0n) is 28.7. The monoisotopic (exact) mass is 794 g/mol. The van der Waals surface area contributed by atoms with Crippen LogP contribution in [0.5, 0.6) is 0 Å². The SMILES string of the molecule is Cc1cc(C)cc(-n2[c-][n+]3c4c(cccc42)C(C)(C)c2cc4c([c-]c2-3)C(C)(C)CCC4(C)C)c1.[Ir+3].[c-]1ccccc1-c1ccccn1. The van der Waals surface area contributed by atoms with E-state index in [4.69, 9.17) is 0 Å². The Morgan fingerprint density at radius 1 is 0.745 bits per heavy atom. The summed E-state index contributed by atoms with van der Waals surface area (Å²) in [6.07, 6.45) is 7.94. The first-order valence-corrected chi connectivity index (χ1v) is 16.4. The second kappa shape index (κ2) is 12.0. The standard InChI is InChI=1S/C32H35N2.C11H8N.Ir/c1-20-14-21(2)16-22(15-20)33-19-34-28-18-25-24(30(3,4)12-13-31(25,5)6)17-26(28)32(7,8)23-10-9-11-27(33)29(23)34;1-2-6-10(7-3-1)11-8-4-5-9-12-11;/h9-11,14-17H,12-13H2,1-8H3;1-6,8-9H;/q2*-1;+3. The molecule has 6 aromatic rings. The summed E-state index contributed by atoms with van der Waals surface area (Å²) >= 11 is 0. The van der Waals surface area contributed by atoms with Crippen molar-refractivity contribution in [3.05, 3.63) is 143 Å². The van der Waals surface area contributed by atoms with Crippen molar-refractivity contribution in [2.24, 2.45) is 0 Å². The summed E-state index contributed by atoms with van der Waals surface area (Å²) in [5, 5.41) is 0. The van der Waals surface area contributed by atoms with Crippen molar-refractivity contribution in [2.75, 3.05) is 0 Å². The smallest absolute Gasteiger partial charge is 0.314 e. The van der Waals surface area contributed by atoms with Crippen LogP contribution >= 0.6 is 0 Å². The van der Waals surface area contributed by atoms with Crippen molar-refractivity contribution in [3.63, 3.8) is 0 Å². The zero-order valence-corrected chi connectivity index (χ0v) is 31.1. The van der Waals surface area contributed by atoms with Crippen LogP contribution in [0, 0.1) is 32.3 Å². The van der Waals surface area contributed by atoms with Gasteiger partial charge in [0, 0.05) is 6.20 Å². The maximum absolute atomic E-state index is 4.22. The van der Waals surface area contributed by atoms with Crippen LogP contribution in [0.3, 0.4) is 0 Å². The molecule has 1 aliphatic carbocycles. The fourth-order valence-corrected chi connectivity index (χ4v) is 7.46. The van der Waals surface area contributed by atoms with Gasteiger partial charge in [0.2, 0.25) is 0 Å². The van der Waals surface area contributed by atoms with E-state index in [1.54, 1.807) is 6.20 Å². The van der Waals surface area contributed by atoms with Gasteiger partial charge in [0.25, 0.3) is 6.33 Å². The number of aryl methyl sites for hydroxylation is 2. The van der Waals surface area contributed by atoms with Gasteiger partial charge in [0.15, 0.2) is 0 Å².